The van der Waals surface area contributed by atoms with Crippen LogP contribution in [0.15, 0.2) is 48.7 Å². The molecule has 144 valence electrons. The van der Waals surface area contributed by atoms with Crippen LogP contribution in [0.3, 0.4) is 0 Å². The van der Waals surface area contributed by atoms with Gasteiger partial charge in [0.2, 0.25) is 5.95 Å². The van der Waals surface area contributed by atoms with Crippen LogP contribution in [0.5, 0.6) is 0 Å². The van der Waals surface area contributed by atoms with Gasteiger partial charge in [0.05, 0.1) is 0 Å². The van der Waals surface area contributed by atoms with E-state index in [-0.39, 0.29) is 5.82 Å². The van der Waals surface area contributed by atoms with E-state index in [4.69, 9.17) is 0 Å². The van der Waals surface area contributed by atoms with E-state index in [0.29, 0.717) is 23.0 Å². The number of fused-ring (bicyclic) bond motifs is 1. The van der Waals surface area contributed by atoms with E-state index in [9.17, 15) is 12.8 Å². The fraction of sp³-hybridized carbons (Fsp3) is 0.167. The number of aryl methyl sites for hydroxylation is 1. The Hall–Kier alpha value is -3.27. The van der Waals surface area contributed by atoms with Crippen LogP contribution in [0.2, 0.25) is 0 Å². The number of halogens is 1. The van der Waals surface area contributed by atoms with Gasteiger partial charge in [-0.2, -0.15) is 10.1 Å². The van der Waals surface area contributed by atoms with Crippen LogP contribution in [0.4, 0.5) is 16.2 Å². The minimum absolute atomic E-state index is 0.0927. The van der Waals surface area contributed by atoms with E-state index in [1.807, 2.05) is 6.92 Å². The molecule has 3 aromatic heterocycles. The number of hydrogen-bond donors (Lipinski definition) is 2. The highest BCUT2D eigenvalue weighted by molar-refractivity contribution is 7.91. The largest absolute Gasteiger partial charge is 0.308 e. The normalized spacial score (nSPS) is 13.0. The van der Waals surface area contributed by atoms with Gasteiger partial charge in [0.25, 0.3) is 0 Å². The van der Waals surface area contributed by atoms with Crippen molar-refractivity contribution in [1.29, 1.82) is 0 Å². The predicted molar refractivity (Wildman–Crippen MR) is 103 cm³/mol. The monoisotopic (exact) mass is 400 g/mol. The molecule has 0 amide bonds. The zero-order valence-corrected chi connectivity index (χ0v) is 15.9. The molecule has 0 aliphatic heterocycles. The molecule has 8 nitrogen and oxygen atoms in total. The molecule has 4 aromatic rings. The van der Waals surface area contributed by atoms with Crippen molar-refractivity contribution in [2.24, 2.45) is 0 Å². The lowest BCUT2D eigenvalue weighted by atomic mass is 10.1. The van der Waals surface area contributed by atoms with Gasteiger partial charge in [0.15, 0.2) is 21.5 Å². The SMILES string of the molecule is Cc1cc(Nc2nc(C(c3ccc(F)cc3)S(C)(=O)=O)nc3cccn23)n[nH]1. The van der Waals surface area contributed by atoms with Gasteiger partial charge >= 0.3 is 0 Å². The van der Waals surface area contributed by atoms with Gasteiger partial charge in [0, 0.05) is 24.2 Å². The molecule has 0 saturated carbocycles. The molecule has 0 aliphatic rings. The molecule has 0 aliphatic carbocycles. The minimum atomic E-state index is -3.63. The Kier molecular flexibility index (Phi) is 4.34. The Morgan fingerprint density at radius 1 is 1.18 bits per heavy atom. The van der Waals surface area contributed by atoms with Crippen molar-refractivity contribution in [3.63, 3.8) is 0 Å². The Morgan fingerprint density at radius 3 is 2.57 bits per heavy atom. The number of rotatable bonds is 5. The second-order valence-corrected chi connectivity index (χ2v) is 8.59. The molecule has 0 fully saturated rings. The Morgan fingerprint density at radius 2 is 1.93 bits per heavy atom. The molecule has 1 atom stereocenters. The molecule has 1 unspecified atom stereocenters. The highest BCUT2D eigenvalue weighted by Crippen LogP contribution is 2.29. The minimum Gasteiger partial charge on any atom is -0.308 e. The van der Waals surface area contributed by atoms with Crippen molar-refractivity contribution >= 4 is 27.3 Å². The van der Waals surface area contributed by atoms with Crippen LogP contribution in [0.1, 0.15) is 22.3 Å². The zero-order valence-electron chi connectivity index (χ0n) is 15.1. The molecule has 0 spiro atoms. The second-order valence-electron chi connectivity index (χ2n) is 6.46. The fourth-order valence-electron chi connectivity index (χ4n) is 2.97. The fourth-order valence-corrected chi connectivity index (χ4v) is 4.11. The third kappa shape index (κ3) is 3.46. The lowest BCUT2D eigenvalue weighted by molar-refractivity contribution is 0.591. The van der Waals surface area contributed by atoms with Gasteiger partial charge in [-0.1, -0.05) is 12.1 Å². The predicted octanol–water partition coefficient (Wildman–Crippen LogP) is 2.78. The van der Waals surface area contributed by atoms with Crippen molar-refractivity contribution in [1.82, 2.24) is 24.6 Å². The molecule has 3 heterocycles. The quantitative estimate of drug-likeness (QED) is 0.534. The van der Waals surface area contributed by atoms with Gasteiger partial charge in [-0.05, 0) is 36.8 Å². The third-order valence-corrected chi connectivity index (χ3v) is 5.53. The average molecular weight is 400 g/mol. The van der Waals surface area contributed by atoms with Crippen LogP contribution >= 0.6 is 0 Å². The number of aromatic amines is 1. The summed E-state index contributed by atoms with van der Waals surface area (Å²) in [7, 11) is -3.63. The first-order chi connectivity index (χ1) is 13.3. The van der Waals surface area contributed by atoms with Crippen molar-refractivity contribution in [3.8, 4) is 0 Å². The number of aromatic nitrogens is 5. The average Bonchev–Trinajstić information content (AvgIpc) is 3.25. The summed E-state index contributed by atoms with van der Waals surface area (Å²) >= 11 is 0. The molecular formula is C18H17FN6O2S. The van der Waals surface area contributed by atoms with E-state index in [0.717, 1.165) is 11.9 Å². The van der Waals surface area contributed by atoms with Crippen molar-refractivity contribution in [2.45, 2.75) is 12.2 Å². The number of sulfone groups is 1. The summed E-state index contributed by atoms with van der Waals surface area (Å²) in [5.41, 5.74) is 1.78. The topological polar surface area (TPSA) is 105 Å². The lowest BCUT2D eigenvalue weighted by Gasteiger charge is -2.16. The van der Waals surface area contributed by atoms with Crippen LogP contribution < -0.4 is 5.32 Å². The summed E-state index contributed by atoms with van der Waals surface area (Å²) in [6.07, 6.45) is 2.87. The standard InChI is InChI=1S/C18H17FN6O2S/c1-11-10-14(24-23-11)20-18-22-17(21-15-4-3-9-25(15)18)16(28(2,26)27)12-5-7-13(19)8-6-12/h3-10,16H,1-2H3,(H2,20,21,22,23,24). The lowest BCUT2D eigenvalue weighted by Crippen LogP contribution is -2.18. The number of H-pyrrole nitrogens is 1. The maximum Gasteiger partial charge on any atom is 0.216 e. The first kappa shape index (κ1) is 18.1. The summed E-state index contributed by atoms with van der Waals surface area (Å²) < 4.78 is 40.1. The second kappa shape index (κ2) is 6.71. The number of hydrogen-bond acceptors (Lipinski definition) is 6. The smallest absolute Gasteiger partial charge is 0.216 e. The first-order valence-corrected chi connectivity index (χ1v) is 10.3. The Labute approximate surface area is 160 Å². The molecule has 2 N–H and O–H groups in total. The van der Waals surface area contributed by atoms with Gasteiger partial charge in [0.1, 0.15) is 16.7 Å². The molecule has 28 heavy (non-hydrogen) atoms. The molecule has 4 rings (SSSR count). The summed E-state index contributed by atoms with van der Waals surface area (Å²) in [6, 6.07) is 10.6. The number of benzene rings is 1. The van der Waals surface area contributed by atoms with E-state index >= 15 is 0 Å². The number of nitrogens with zero attached hydrogens (tertiary/aromatic N) is 4. The van der Waals surface area contributed by atoms with E-state index in [1.54, 1.807) is 28.8 Å². The molecule has 1 aromatic carbocycles. The molecule has 0 radical (unpaired) electrons. The van der Waals surface area contributed by atoms with E-state index in [2.05, 4.69) is 25.5 Å². The maximum atomic E-state index is 13.3. The molecule has 0 saturated heterocycles. The van der Waals surface area contributed by atoms with Crippen LogP contribution in [-0.2, 0) is 9.84 Å². The summed E-state index contributed by atoms with van der Waals surface area (Å²) in [4.78, 5) is 8.88. The van der Waals surface area contributed by atoms with Gasteiger partial charge in [-0.25, -0.2) is 17.8 Å². The number of nitrogens with one attached hydrogen (secondary N) is 2. The van der Waals surface area contributed by atoms with Gasteiger partial charge in [-0.15, -0.1) is 0 Å². The highest BCUT2D eigenvalue weighted by Gasteiger charge is 2.29. The van der Waals surface area contributed by atoms with Crippen molar-refractivity contribution in [3.05, 3.63) is 71.6 Å². The summed E-state index contributed by atoms with van der Waals surface area (Å²) in [6.45, 7) is 1.86. The van der Waals surface area contributed by atoms with Crippen LogP contribution in [0, 0.1) is 12.7 Å². The van der Waals surface area contributed by atoms with E-state index < -0.39 is 20.9 Å². The zero-order chi connectivity index (χ0) is 19.9. The van der Waals surface area contributed by atoms with Crippen LogP contribution in [0.25, 0.3) is 5.65 Å². The van der Waals surface area contributed by atoms with E-state index in [1.165, 1.54) is 24.3 Å². The molecular weight excluding hydrogens is 383 g/mol. The Balaban J connectivity index is 1.87. The van der Waals surface area contributed by atoms with Crippen molar-refractivity contribution in [2.75, 3.05) is 11.6 Å². The molecule has 10 heteroatoms. The van der Waals surface area contributed by atoms with Crippen molar-refractivity contribution < 1.29 is 12.8 Å². The summed E-state index contributed by atoms with van der Waals surface area (Å²) in [5, 5.41) is 8.90. The van der Waals surface area contributed by atoms with Crippen LogP contribution in [-0.4, -0.2) is 39.2 Å². The highest BCUT2D eigenvalue weighted by atomic mass is 32.2. The number of anilines is 2. The van der Waals surface area contributed by atoms with Gasteiger partial charge in [-0.3, -0.25) is 9.50 Å². The third-order valence-electron chi connectivity index (χ3n) is 4.19. The Bertz CT molecular complexity index is 1250. The maximum absolute atomic E-state index is 13.3. The molecule has 0 bridgehead atoms. The van der Waals surface area contributed by atoms with Gasteiger partial charge < -0.3 is 5.32 Å². The first-order valence-electron chi connectivity index (χ1n) is 8.39. The summed E-state index contributed by atoms with van der Waals surface area (Å²) in [5.74, 6) is 0.549.